The topological polar surface area (TPSA) is 87.1 Å². The van der Waals surface area contributed by atoms with Crippen LogP contribution < -0.4 is 10.6 Å². The van der Waals surface area contributed by atoms with Crippen molar-refractivity contribution in [3.05, 3.63) is 108 Å². The number of fused-ring (bicyclic) bond motifs is 1. The van der Waals surface area contributed by atoms with E-state index in [4.69, 9.17) is 14.9 Å². The minimum Gasteiger partial charge on any atom is -0.400 e. The summed E-state index contributed by atoms with van der Waals surface area (Å²) < 4.78 is 0. The van der Waals surface area contributed by atoms with E-state index in [0.29, 0.717) is 5.54 Å². The maximum absolute atomic E-state index is 8.00. The largest absolute Gasteiger partial charge is 0.400 e. The first-order chi connectivity index (χ1) is 22.2. The van der Waals surface area contributed by atoms with Gasteiger partial charge in [-0.05, 0) is 81.6 Å². The van der Waals surface area contributed by atoms with Gasteiger partial charge in [0, 0.05) is 47.6 Å². The molecule has 3 aromatic carbocycles. The summed E-state index contributed by atoms with van der Waals surface area (Å²) in [5.74, 6) is 0.902. The highest BCUT2D eigenvalue weighted by Gasteiger charge is 2.20. The molecule has 0 aliphatic rings. The first-order valence-corrected chi connectivity index (χ1v) is 16.7. The molecule has 0 aliphatic carbocycles. The predicted molar refractivity (Wildman–Crippen MR) is 201 cm³/mol. The zero-order chi connectivity index (χ0) is 34.7. The van der Waals surface area contributed by atoms with Crippen molar-refractivity contribution in [1.82, 2.24) is 15.3 Å². The monoisotopic (exact) mass is 640 g/mol. The fourth-order valence-electron chi connectivity index (χ4n) is 4.46. The van der Waals surface area contributed by atoms with Crippen LogP contribution in [0, 0.1) is 6.92 Å². The van der Waals surface area contributed by atoms with Crippen LogP contribution >= 0.6 is 11.8 Å². The Kier molecular flexibility index (Phi) is 18.2. The van der Waals surface area contributed by atoms with Crippen LogP contribution in [0.2, 0.25) is 0 Å². The van der Waals surface area contributed by atoms with E-state index in [-0.39, 0.29) is 6.04 Å². The number of aliphatic hydroxyl groups is 1. The van der Waals surface area contributed by atoms with Crippen molar-refractivity contribution in [2.45, 2.75) is 65.1 Å². The van der Waals surface area contributed by atoms with Crippen molar-refractivity contribution >= 4 is 35.1 Å². The first-order valence-electron chi connectivity index (χ1n) is 15.4. The molecule has 5 rings (SSSR count). The van der Waals surface area contributed by atoms with E-state index < -0.39 is 0 Å². The molecule has 46 heavy (non-hydrogen) atoms. The Morgan fingerprint density at radius 3 is 1.93 bits per heavy atom. The van der Waals surface area contributed by atoms with Crippen molar-refractivity contribution in [2.75, 3.05) is 25.7 Å². The molecule has 7 heteroatoms. The molecule has 2 aromatic heterocycles. The number of aromatic nitrogens is 2. The van der Waals surface area contributed by atoms with Crippen LogP contribution in [0.25, 0.3) is 33.0 Å². The summed E-state index contributed by atoms with van der Waals surface area (Å²) in [7, 11) is 2.96. The number of pyridine rings is 2. The maximum Gasteiger partial charge on any atom is 0.136 e. The summed E-state index contributed by atoms with van der Waals surface area (Å²) >= 11 is 1.67. The standard InChI is InChI=1S/C30H27N3S.C5H13N.C2H6.CH4O.CH2O/c1-20-17-24(19-31-18-20)27-26-16-10-15-25(23-13-8-5-9-14-23)28(26)29(33-30(27)34-3)32-21(2)22-11-6-4-7-12-22;1-5(2,3)6-4;3*1-2/h4-19,21H,1-3H3,(H,32,33);6H,1-4H3;1-2H3;2H,1H3;1H2. The van der Waals surface area contributed by atoms with Gasteiger partial charge in [-0.25, -0.2) is 4.98 Å². The molecule has 2 heterocycles. The lowest BCUT2D eigenvalue weighted by Gasteiger charge is -2.21. The molecule has 6 nitrogen and oxygen atoms in total. The fourth-order valence-corrected chi connectivity index (χ4v) is 5.07. The Labute approximate surface area is 281 Å². The number of hydrogen-bond donors (Lipinski definition) is 3. The molecule has 0 aliphatic heterocycles. The number of hydrogen-bond acceptors (Lipinski definition) is 7. The van der Waals surface area contributed by atoms with Gasteiger partial charge in [-0.2, -0.15) is 0 Å². The average molecular weight is 641 g/mol. The highest BCUT2D eigenvalue weighted by Crippen LogP contribution is 2.43. The molecule has 5 aromatic rings. The van der Waals surface area contributed by atoms with Gasteiger partial charge in [0.1, 0.15) is 17.6 Å². The molecule has 3 N–H and O–H groups in total. The molecular formula is C39H52N4O2S. The molecule has 1 unspecified atom stereocenters. The lowest BCUT2D eigenvalue weighted by molar-refractivity contribution is -0.0980. The zero-order valence-electron chi connectivity index (χ0n) is 29.2. The van der Waals surface area contributed by atoms with Crippen LogP contribution in [0.5, 0.6) is 0 Å². The van der Waals surface area contributed by atoms with Crippen LogP contribution in [-0.2, 0) is 4.79 Å². The summed E-state index contributed by atoms with van der Waals surface area (Å²) in [5, 5.41) is 17.1. The highest BCUT2D eigenvalue weighted by molar-refractivity contribution is 7.98. The van der Waals surface area contributed by atoms with E-state index in [1.807, 2.05) is 46.1 Å². The van der Waals surface area contributed by atoms with E-state index in [2.05, 4.69) is 135 Å². The number of nitrogens with zero attached hydrogens (tertiary/aromatic N) is 2. The van der Waals surface area contributed by atoms with E-state index in [9.17, 15) is 0 Å². The van der Waals surface area contributed by atoms with Crippen molar-refractivity contribution in [1.29, 1.82) is 0 Å². The number of rotatable bonds is 6. The van der Waals surface area contributed by atoms with Gasteiger partial charge < -0.3 is 20.5 Å². The van der Waals surface area contributed by atoms with Crippen LogP contribution in [-0.4, -0.2) is 47.8 Å². The Morgan fingerprint density at radius 2 is 1.41 bits per heavy atom. The second-order valence-corrected chi connectivity index (χ2v) is 11.8. The van der Waals surface area contributed by atoms with Gasteiger partial charge in [-0.3, -0.25) is 4.98 Å². The van der Waals surface area contributed by atoms with Gasteiger partial charge in [0.2, 0.25) is 0 Å². The second kappa shape index (κ2) is 20.9. The third-order valence-corrected chi connectivity index (χ3v) is 7.52. The second-order valence-electron chi connectivity index (χ2n) is 11.0. The summed E-state index contributed by atoms with van der Waals surface area (Å²) in [6, 6.07) is 29.9. The molecule has 0 amide bonds. The lowest BCUT2D eigenvalue weighted by Crippen LogP contribution is -2.31. The molecule has 0 radical (unpaired) electrons. The number of nitrogens with one attached hydrogen (secondary N) is 2. The number of thioether (sulfide) groups is 1. The van der Waals surface area contributed by atoms with Crippen molar-refractivity contribution in [3.8, 4) is 22.3 Å². The van der Waals surface area contributed by atoms with E-state index in [1.165, 1.54) is 22.1 Å². The average Bonchev–Trinajstić information content (AvgIpc) is 3.11. The molecule has 0 bridgehead atoms. The summed E-state index contributed by atoms with van der Waals surface area (Å²) in [6.07, 6.45) is 5.93. The van der Waals surface area contributed by atoms with Crippen LogP contribution in [0.4, 0.5) is 5.82 Å². The minimum absolute atomic E-state index is 0.113. The highest BCUT2D eigenvalue weighted by atomic mass is 32.2. The zero-order valence-corrected chi connectivity index (χ0v) is 30.0. The number of carbonyl (C=O) groups excluding carboxylic acids is 1. The van der Waals surface area contributed by atoms with Gasteiger partial charge in [0.05, 0.1) is 0 Å². The van der Waals surface area contributed by atoms with Gasteiger partial charge in [0.25, 0.3) is 0 Å². The Morgan fingerprint density at radius 1 is 0.848 bits per heavy atom. The predicted octanol–water partition coefficient (Wildman–Crippen LogP) is 9.62. The molecule has 246 valence electrons. The number of anilines is 1. The Bertz CT molecular complexity index is 1570. The maximum atomic E-state index is 8.00. The van der Waals surface area contributed by atoms with Crippen LogP contribution in [0.3, 0.4) is 0 Å². The van der Waals surface area contributed by atoms with Crippen LogP contribution in [0.1, 0.15) is 58.7 Å². The van der Waals surface area contributed by atoms with Gasteiger partial charge in [-0.1, -0.05) is 92.7 Å². The molecule has 0 saturated carbocycles. The molecule has 0 spiro atoms. The summed E-state index contributed by atoms with van der Waals surface area (Å²) in [4.78, 5) is 17.7. The first kappa shape index (κ1) is 40.0. The fraction of sp³-hybridized carbons (Fsp3) is 0.308. The third kappa shape index (κ3) is 11.4. The van der Waals surface area contributed by atoms with E-state index >= 15 is 0 Å². The van der Waals surface area contributed by atoms with Gasteiger partial charge in [0.15, 0.2) is 0 Å². The minimum atomic E-state index is 0.113. The molecular weight excluding hydrogens is 589 g/mol. The number of carbonyl (C=O) groups is 1. The smallest absolute Gasteiger partial charge is 0.136 e. The quantitative estimate of drug-likeness (QED) is 0.159. The Hall–Kier alpha value is -4.04. The van der Waals surface area contributed by atoms with Gasteiger partial charge in [-0.15, -0.1) is 11.8 Å². The third-order valence-electron chi connectivity index (χ3n) is 6.84. The molecule has 0 saturated heterocycles. The van der Waals surface area contributed by atoms with Gasteiger partial charge >= 0.3 is 0 Å². The SMILES string of the molecule is C=O.CC.CNC(C)(C)C.CO.CSc1nc(NC(C)c2ccccc2)c2c(-c3ccccc3)cccc2c1-c1cncc(C)c1. The van der Waals surface area contributed by atoms with Crippen molar-refractivity contribution in [2.24, 2.45) is 0 Å². The van der Waals surface area contributed by atoms with E-state index in [1.54, 1.807) is 11.8 Å². The molecule has 0 fully saturated rings. The van der Waals surface area contributed by atoms with Crippen molar-refractivity contribution in [3.63, 3.8) is 0 Å². The molecule has 1 atom stereocenters. The number of aryl methyl sites for hydroxylation is 1. The number of benzene rings is 3. The van der Waals surface area contributed by atoms with Crippen molar-refractivity contribution < 1.29 is 9.90 Å². The van der Waals surface area contributed by atoms with E-state index in [0.717, 1.165) is 40.0 Å². The Balaban J connectivity index is 0.000000773. The van der Waals surface area contributed by atoms with Crippen LogP contribution in [0.15, 0.2) is 102 Å². The lowest BCUT2D eigenvalue weighted by atomic mass is 9.94. The summed E-state index contributed by atoms with van der Waals surface area (Å²) in [6.45, 7) is 16.7. The normalized spacial score (nSPS) is 10.8. The summed E-state index contributed by atoms with van der Waals surface area (Å²) in [5.41, 5.74) is 7.23. The number of aliphatic hydroxyl groups excluding tert-OH is 1.